The van der Waals surface area contributed by atoms with E-state index in [0.717, 1.165) is 30.9 Å². The average Bonchev–Trinajstić information content (AvgIpc) is 2.85. The third-order valence-corrected chi connectivity index (χ3v) is 5.88. The lowest BCUT2D eigenvalue weighted by atomic mass is 9.96. The molecule has 2 unspecified atom stereocenters. The molecule has 0 aliphatic carbocycles. The van der Waals surface area contributed by atoms with Gasteiger partial charge in [-0.3, -0.25) is 0 Å². The van der Waals surface area contributed by atoms with Gasteiger partial charge in [-0.05, 0) is 79.5 Å². The molecule has 0 nitrogen and oxygen atoms in total. The molecule has 0 radical (unpaired) electrons. The van der Waals surface area contributed by atoms with Crippen LogP contribution in [0.2, 0.25) is 0 Å². The Bertz CT molecular complexity index is 1130. The lowest BCUT2D eigenvalue weighted by Gasteiger charge is -2.16. The van der Waals surface area contributed by atoms with Gasteiger partial charge >= 0.3 is 0 Å². The molecule has 0 heterocycles. The Morgan fingerprint density at radius 3 is 1.91 bits per heavy atom. The van der Waals surface area contributed by atoms with Gasteiger partial charge in [0.25, 0.3) is 0 Å². The molecular weight excluding hydrogens is 436 g/mol. The molecule has 3 aromatic rings. The van der Waals surface area contributed by atoms with Gasteiger partial charge in [-0.15, -0.1) is 0 Å². The normalized spacial score (nSPS) is 13.6. The molecule has 0 spiro atoms. The van der Waals surface area contributed by atoms with Gasteiger partial charge in [0.1, 0.15) is 11.6 Å². The van der Waals surface area contributed by atoms with E-state index in [4.69, 9.17) is 0 Å². The summed E-state index contributed by atoms with van der Waals surface area (Å²) in [5.74, 6) is -1.13. The molecule has 178 valence electrons. The van der Waals surface area contributed by atoms with Crippen LogP contribution in [0.4, 0.5) is 17.6 Å². The molecule has 2 atom stereocenters. The predicted octanol–water partition coefficient (Wildman–Crippen LogP) is 9.37. The lowest BCUT2D eigenvalue weighted by molar-refractivity contribution is 0.170. The van der Waals surface area contributed by atoms with E-state index in [9.17, 15) is 17.6 Å². The summed E-state index contributed by atoms with van der Waals surface area (Å²) in [5.41, 5.74) is 2.22. The number of rotatable bonds is 10. The van der Waals surface area contributed by atoms with Gasteiger partial charge in [0.2, 0.25) is 0 Å². The molecule has 3 rings (SSSR count). The van der Waals surface area contributed by atoms with E-state index in [0.29, 0.717) is 17.5 Å². The molecule has 0 amide bonds. The van der Waals surface area contributed by atoms with Crippen LogP contribution in [0.3, 0.4) is 0 Å². The molecule has 0 aliphatic heterocycles. The quantitative estimate of drug-likeness (QED) is 0.206. The number of benzene rings is 3. The molecule has 3 aromatic carbocycles. The van der Waals surface area contributed by atoms with E-state index in [1.165, 1.54) is 18.2 Å². The van der Waals surface area contributed by atoms with E-state index < -0.39 is 24.0 Å². The van der Waals surface area contributed by atoms with E-state index in [1.807, 2.05) is 32.1 Å². The zero-order valence-electron chi connectivity index (χ0n) is 19.6. The van der Waals surface area contributed by atoms with Gasteiger partial charge in [0.05, 0.1) is 0 Å². The second kappa shape index (κ2) is 12.4. The zero-order chi connectivity index (χ0) is 24.5. The highest BCUT2D eigenvalue weighted by Gasteiger charge is 2.25. The van der Waals surface area contributed by atoms with Crippen LogP contribution < -0.4 is 0 Å². The van der Waals surface area contributed by atoms with Crippen molar-refractivity contribution in [2.45, 2.75) is 51.9 Å². The van der Waals surface area contributed by atoms with Crippen molar-refractivity contribution in [2.75, 3.05) is 0 Å². The molecule has 0 bridgehead atoms. The smallest absolute Gasteiger partial charge is 0.160 e. The van der Waals surface area contributed by atoms with Crippen molar-refractivity contribution in [2.24, 2.45) is 0 Å². The van der Waals surface area contributed by atoms with E-state index in [2.05, 4.69) is 6.08 Å². The SMILES string of the molecule is C/C=C/CCc1ccc(C(F)C(F)c2ccc(-c3ccc(CC/C=C/C)c(F)c3)c(F)c2)cc1. The van der Waals surface area contributed by atoms with Gasteiger partial charge in [-0.1, -0.05) is 72.8 Å². The fourth-order valence-corrected chi connectivity index (χ4v) is 3.88. The number of aryl methyl sites for hydroxylation is 2. The van der Waals surface area contributed by atoms with Crippen LogP contribution in [0.5, 0.6) is 0 Å². The highest BCUT2D eigenvalue weighted by atomic mass is 19.2. The van der Waals surface area contributed by atoms with Crippen LogP contribution in [0.1, 0.15) is 61.3 Å². The van der Waals surface area contributed by atoms with Crippen LogP contribution in [0, 0.1) is 11.6 Å². The number of allylic oxidation sites excluding steroid dienone is 4. The Balaban J connectivity index is 1.73. The van der Waals surface area contributed by atoms with Crippen LogP contribution in [-0.4, -0.2) is 0 Å². The Kier molecular flexibility index (Phi) is 9.26. The summed E-state index contributed by atoms with van der Waals surface area (Å²) in [6, 6.07) is 15.0. The first-order chi connectivity index (χ1) is 16.4. The first-order valence-corrected chi connectivity index (χ1v) is 11.6. The molecule has 0 saturated heterocycles. The third-order valence-electron chi connectivity index (χ3n) is 5.88. The van der Waals surface area contributed by atoms with Gasteiger partial charge in [-0.2, -0.15) is 0 Å². The summed E-state index contributed by atoms with van der Waals surface area (Å²) >= 11 is 0. The van der Waals surface area contributed by atoms with Gasteiger partial charge in [0.15, 0.2) is 12.3 Å². The zero-order valence-corrected chi connectivity index (χ0v) is 19.6. The number of halogens is 4. The maximum atomic E-state index is 14.9. The van der Waals surface area contributed by atoms with Crippen molar-refractivity contribution in [1.29, 1.82) is 0 Å². The summed E-state index contributed by atoms with van der Waals surface area (Å²) < 4.78 is 59.1. The topological polar surface area (TPSA) is 0 Å². The Labute approximate surface area is 199 Å². The van der Waals surface area contributed by atoms with Gasteiger partial charge in [0, 0.05) is 5.56 Å². The standard InChI is InChI=1S/C30H30F4/c1-3-5-7-9-21-11-13-23(14-12-21)29(33)30(34)25-17-18-26(28(32)20-25)24-16-15-22(27(31)19-24)10-8-6-4-2/h3-6,11-20,29-30H,7-10H2,1-2H3/b5-3+,6-4+. The fraction of sp³-hybridized carbons (Fsp3) is 0.267. The van der Waals surface area contributed by atoms with Gasteiger partial charge in [-0.25, -0.2) is 17.6 Å². The number of hydrogen-bond donors (Lipinski definition) is 0. The molecule has 0 fully saturated rings. The minimum Gasteiger partial charge on any atom is -0.239 e. The lowest BCUT2D eigenvalue weighted by Crippen LogP contribution is -2.03. The summed E-state index contributed by atoms with van der Waals surface area (Å²) in [4.78, 5) is 0. The van der Waals surface area contributed by atoms with Crippen LogP contribution in [-0.2, 0) is 12.8 Å². The first kappa shape index (κ1) is 25.5. The van der Waals surface area contributed by atoms with E-state index >= 15 is 0 Å². The molecule has 0 N–H and O–H groups in total. The molecule has 0 aromatic heterocycles. The van der Waals surface area contributed by atoms with Crippen molar-refractivity contribution in [3.63, 3.8) is 0 Å². The summed E-state index contributed by atoms with van der Waals surface area (Å²) in [6.45, 7) is 3.86. The molecule has 34 heavy (non-hydrogen) atoms. The summed E-state index contributed by atoms with van der Waals surface area (Å²) in [7, 11) is 0. The Morgan fingerprint density at radius 2 is 1.29 bits per heavy atom. The Morgan fingerprint density at radius 1 is 0.676 bits per heavy atom. The van der Waals surface area contributed by atoms with Crippen molar-refractivity contribution < 1.29 is 17.6 Å². The molecule has 0 saturated carbocycles. The minimum atomic E-state index is -2.01. The largest absolute Gasteiger partial charge is 0.239 e. The van der Waals surface area contributed by atoms with Gasteiger partial charge < -0.3 is 0 Å². The van der Waals surface area contributed by atoms with Crippen molar-refractivity contribution in [3.05, 3.63) is 119 Å². The highest BCUT2D eigenvalue weighted by molar-refractivity contribution is 5.65. The minimum absolute atomic E-state index is 0.0886. The summed E-state index contributed by atoms with van der Waals surface area (Å²) in [5, 5.41) is 0. The fourth-order valence-electron chi connectivity index (χ4n) is 3.88. The molecule has 0 aliphatic rings. The average molecular weight is 467 g/mol. The van der Waals surface area contributed by atoms with Crippen LogP contribution >= 0.6 is 0 Å². The third kappa shape index (κ3) is 6.47. The highest BCUT2D eigenvalue weighted by Crippen LogP contribution is 2.37. The van der Waals surface area contributed by atoms with E-state index in [1.54, 1.807) is 36.4 Å². The second-order valence-corrected chi connectivity index (χ2v) is 8.31. The first-order valence-electron chi connectivity index (χ1n) is 11.6. The Hall–Kier alpha value is -3.14. The van der Waals surface area contributed by atoms with Crippen LogP contribution in [0.25, 0.3) is 11.1 Å². The number of alkyl halides is 2. The van der Waals surface area contributed by atoms with Crippen molar-refractivity contribution in [1.82, 2.24) is 0 Å². The van der Waals surface area contributed by atoms with Crippen molar-refractivity contribution in [3.8, 4) is 11.1 Å². The monoisotopic (exact) mass is 466 g/mol. The number of hydrogen-bond acceptors (Lipinski definition) is 0. The molecule has 4 heteroatoms. The van der Waals surface area contributed by atoms with E-state index in [-0.39, 0.29) is 16.7 Å². The molecular formula is C30H30F4. The maximum absolute atomic E-state index is 14.9. The predicted molar refractivity (Wildman–Crippen MR) is 132 cm³/mol. The van der Waals surface area contributed by atoms with Crippen LogP contribution in [0.15, 0.2) is 85.0 Å². The summed E-state index contributed by atoms with van der Waals surface area (Å²) in [6.07, 6.45) is 6.94. The second-order valence-electron chi connectivity index (χ2n) is 8.31. The van der Waals surface area contributed by atoms with Crippen molar-refractivity contribution >= 4 is 0 Å². The maximum Gasteiger partial charge on any atom is 0.160 e.